The molecule has 274 valence electrons. The molecule has 1 aliphatic heterocycles. The van der Waals surface area contributed by atoms with Crippen molar-refractivity contribution in [1.29, 1.82) is 0 Å². The number of nitrogens with two attached hydrogens (primary N) is 2. The van der Waals surface area contributed by atoms with Gasteiger partial charge in [-0.3, -0.25) is 19.2 Å². The Morgan fingerprint density at radius 2 is 1.38 bits per heavy atom. The van der Waals surface area contributed by atoms with E-state index in [1.807, 2.05) is 12.1 Å². The second kappa shape index (κ2) is 18.8. The zero-order valence-electron chi connectivity index (χ0n) is 28.7. The van der Waals surface area contributed by atoms with Gasteiger partial charge >= 0.3 is 18.2 Å². The van der Waals surface area contributed by atoms with Crippen molar-refractivity contribution in [2.24, 2.45) is 16.5 Å². The number of esters is 1. The molecule has 15 heteroatoms. The number of ether oxygens (including phenoxy) is 3. The molecule has 1 aliphatic rings. The third-order valence-corrected chi connectivity index (χ3v) is 8.08. The van der Waals surface area contributed by atoms with Crippen LogP contribution < -0.4 is 22.1 Å². The molecule has 1 fully saturated rings. The van der Waals surface area contributed by atoms with Crippen LogP contribution in [0.3, 0.4) is 0 Å². The summed E-state index contributed by atoms with van der Waals surface area (Å²) in [4.78, 5) is 81.0. The smallest absolute Gasteiger partial charge is 0.437 e. The highest BCUT2D eigenvalue weighted by molar-refractivity contribution is 6.12. The number of guanidine groups is 1. The number of nitrogens with one attached hydrogen (secondary N) is 2. The number of Topliss-reactive ketones (excluding diaryl/α,β-unsaturated/α-hetero) is 1. The number of amides is 4. The number of benzene rings is 3. The quantitative estimate of drug-likeness (QED) is 0.0321. The molecular formula is C37H42N6O9. The number of nitrogens with zero attached hydrogens (tertiary/aromatic N) is 2. The third-order valence-electron chi connectivity index (χ3n) is 8.08. The van der Waals surface area contributed by atoms with Crippen molar-refractivity contribution in [2.75, 3.05) is 6.54 Å². The van der Waals surface area contributed by atoms with Crippen LogP contribution in [-0.2, 0) is 53.0 Å². The number of ketones is 1. The molecular weight excluding hydrogens is 672 g/mol. The zero-order valence-corrected chi connectivity index (χ0v) is 28.7. The molecule has 3 atom stereocenters. The van der Waals surface area contributed by atoms with E-state index in [1.54, 1.807) is 78.9 Å². The molecule has 0 radical (unpaired) electrons. The molecule has 0 aromatic heterocycles. The normalized spacial score (nSPS) is 16.3. The summed E-state index contributed by atoms with van der Waals surface area (Å²) in [6.45, 7) is 1.04. The predicted molar refractivity (Wildman–Crippen MR) is 188 cm³/mol. The maximum atomic E-state index is 13.6. The van der Waals surface area contributed by atoms with Crippen molar-refractivity contribution in [2.45, 2.75) is 70.1 Å². The Morgan fingerprint density at radius 3 is 1.94 bits per heavy atom. The number of carbonyl (C=O) groups is 6. The second-order valence-electron chi connectivity index (χ2n) is 12.1. The first-order chi connectivity index (χ1) is 25.0. The number of aliphatic imine (C=N–C) groups is 1. The zero-order chi connectivity index (χ0) is 37.5. The Morgan fingerprint density at radius 1 is 0.827 bits per heavy atom. The van der Waals surface area contributed by atoms with Gasteiger partial charge in [0.2, 0.25) is 18.1 Å². The van der Waals surface area contributed by atoms with E-state index in [4.69, 9.17) is 25.7 Å². The monoisotopic (exact) mass is 714 g/mol. The van der Waals surface area contributed by atoms with Gasteiger partial charge in [-0.1, -0.05) is 97.4 Å². The first-order valence-corrected chi connectivity index (χ1v) is 16.6. The Bertz CT molecular complexity index is 1740. The van der Waals surface area contributed by atoms with Crippen molar-refractivity contribution in [3.63, 3.8) is 0 Å². The molecule has 0 bridgehead atoms. The third kappa shape index (κ3) is 11.2. The lowest BCUT2D eigenvalue weighted by Gasteiger charge is -2.38. The molecule has 52 heavy (non-hydrogen) atoms. The average Bonchev–Trinajstić information content (AvgIpc) is 3.14. The van der Waals surface area contributed by atoms with Crippen LogP contribution in [0.25, 0.3) is 0 Å². The van der Waals surface area contributed by atoms with Crippen LogP contribution >= 0.6 is 0 Å². The highest BCUT2D eigenvalue weighted by Crippen LogP contribution is 2.19. The predicted octanol–water partition coefficient (Wildman–Crippen LogP) is 2.85. The van der Waals surface area contributed by atoms with Crippen molar-refractivity contribution in [3.8, 4) is 0 Å². The van der Waals surface area contributed by atoms with E-state index in [-0.39, 0.29) is 39.0 Å². The van der Waals surface area contributed by atoms with Crippen molar-refractivity contribution >= 4 is 41.7 Å². The summed E-state index contributed by atoms with van der Waals surface area (Å²) in [6.07, 6.45) is -2.25. The van der Waals surface area contributed by atoms with E-state index in [0.717, 1.165) is 23.0 Å². The number of hydrogen-bond acceptors (Lipinski definition) is 10. The first kappa shape index (κ1) is 38.7. The van der Waals surface area contributed by atoms with E-state index in [2.05, 4.69) is 15.6 Å². The van der Waals surface area contributed by atoms with Gasteiger partial charge in [-0.15, -0.1) is 4.99 Å². The molecule has 0 unspecified atom stereocenters. The van der Waals surface area contributed by atoms with E-state index in [1.165, 1.54) is 0 Å². The van der Waals surface area contributed by atoms with Crippen LogP contribution in [0, 0.1) is 0 Å². The Balaban J connectivity index is 1.38. The number of hydrogen-bond donors (Lipinski definition) is 4. The maximum absolute atomic E-state index is 13.6. The highest BCUT2D eigenvalue weighted by atomic mass is 16.6. The van der Waals surface area contributed by atoms with Crippen molar-refractivity contribution in [1.82, 2.24) is 15.5 Å². The van der Waals surface area contributed by atoms with Gasteiger partial charge in [0, 0.05) is 26.3 Å². The van der Waals surface area contributed by atoms with Crippen LogP contribution in [0.2, 0.25) is 0 Å². The SMILES string of the molecule is CC(=O)O[C@@H]1NC(=O)[C@H]1NC(=O)[C@](N)(Cc1ccccc1)C(=O)CCCCCN(C(=O)OCc1ccccc1)C(N)=NC(=O)OCc1ccccc1. The fourth-order valence-corrected chi connectivity index (χ4v) is 5.22. The van der Waals surface area contributed by atoms with Gasteiger partial charge in [-0.2, -0.15) is 0 Å². The van der Waals surface area contributed by atoms with Gasteiger partial charge < -0.3 is 36.3 Å². The van der Waals surface area contributed by atoms with Crippen LogP contribution in [0.5, 0.6) is 0 Å². The van der Waals surface area contributed by atoms with Crippen LogP contribution in [-0.4, -0.2) is 71.0 Å². The minimum Gasteiger partial charge on any atom is -0.444 e. The minimum absolute atomic E-state index is 0.0181. The van der Waals surface area contributed by atoms with Crippen molar-refractivity contribution in [3.05, 3.63) is 108 Å². The summed E-state index contributed by atoms with van der Waals surface area (Å²) in [5, 5.41) is 4.84. The van der Waals surface area contributed by atoms with Crippen LogP contribution in [0.4, 0.5) is 9.59 Å². The molecule has 4 rings (SSSR count). The molecule has 1 heterocycles. The number of unbranched alkanes of at least 4 members (excludes halogenated alkanes) is 2. The topological polar surface area (TPSA) is 222 Å². The highest BCUT2D eigenvalue weighted by Gasteiger charge is 2.48. The summed E-state index contributed by atoms with van der Waals surface area (Å²) in [7, 11) is 0. The summed E-state index contributed by atoms with van der Waals surface area (Å²) < 4.78 is 15.6. The number of β-lactam (4-membered cyclic amide) rings is 1. The second-order valence-corrected chi connectivity index (χ2v) is 12.1. The summed E-state index contributed by atoms with van der Waals surface area (Å²) >= 11 is 0. The van der Waals surface area contributed by atoms with Gasteiger partial charge in [0.05, 0.1) is 0 Å². The molecule has 6 N–H and O–H groups in total. The van der Waals surface area contributed by atoms with Crippen molar-refractivity contribution < 1.29 is 43.0 Å². The molecule has 4 amide bonds. The van der Waals surface area contributed by atoms with Gasteiger partial charge in [0.1, 0.15) is 13.2 Å². The van der Waals surface area contributed by atoms with E-state index in [0.29, 0.717) is 18.4 Å². The molecule has 0 saturated carbocycles. The fraction of sp³-hybridized carbons (Fsp3) is 0.324. The van der Waals surface area contributed by atoms with Gasteiger partial charge in [-0.25, -0.2) is 14.5 Å². The van der Waals surface area contributed by atoms with Gasteiger partial charge in [-0.05, 0) is 29.5 Å². The molecule has 15 nitrogen and oxygen atoms in total. The van der Waals surface area contributed by atoms with Crippen LogP contribution in [0.15, 0.2) is 96.0 Å². The largest absolute Gasteiger partial charge is 0.444 e. The summed E-state index contributed by atoms with van der Waals surface area (Å²) in [5.74, 6) is -3.16. The lowest BCUT2D eigenvalue weighted by Crippen LogP contribution is -2.73. The Labute approximate surface area is 300 Å². The van der Waals surface area contributed by atoms with Crippen LogP contribution in [0.1, 0.15) is 49.3 Å². The summed E-state index contributed by atoms with van der Waals surface area (Å²) in [6, 6.07) is 25.4. The average molecular weight is 715 g/mol. The standard InChI is InChI=1S/C37H42N6O9/c1-25(44)52-32-30(31(46)41-32)40-33(47)37(39,22-26-14-6-2-7-15-26)29(45)20-12-5-13-21-43(36(49)51-24-28-18-10-4-11-19-28)34(38)42-35(48)50-23-27-16-8-3-9-17-27/h2-4,6-11,14-19,30,32H,5,12-13,20-24,39H2,1H3,(H,40,47)(H,41,46)(H2,38,42,48)/t30-,32+,37+/m1/s1. The minimum atomic E-state index is -2.05. The molecule has 1 saturated heterocycles. The van der Waals surface area contributed by atoms with E-state index < -0.39 is 59.5 Å². The molecule has 3 aromatic carbocycles. The maximum Gasteiger partial charge on any atom is 0.437 e. The summed E-state index contributed by atoms with van der Waals surface area (Å²) in [5.41, 5.74) is 12.6. The lowest BCUT2D eigenvalue weighted by atomic mass is 9.83. The molecule has 0 spiro atoms. The van der Waals surface area contributed by atoms with E-state index in [9.17, 15) is 28.8 Å². The van der Waals surface area contributed by atoms with Gasteiger partial charge in [0.15, 0.2) is 17.4 Å². The Kier molecular flexibility index (Phi) is 14.0. The number of carbonyl (C=O) groups excluding carboxylic acids is 6. The molecule has 0 aliphatic carbocycles. The first-order valence-electron chi connectivity index (χ1n) is 16.6. The van der Waals surface area contributed by atoms with E-state index >= 15 is 0 Å². The number of rotatable bonds is 16. The fourth-order valence-electron chi connectivity index (χ4n) is 5.22. The molecule has 3 aromatic rings. The van der Waals surface area contributed by atoms with Gasteiger partial charge in [0.25, 0.3) is 5.91 Å². The lowest BCUT2D eigenvalue weighted by molar-refractivity contribution is -0.165. The Hall–Kier alpha value is -6.09.